The van der Waals surface area contributed by atoms with Gasteiger partial charge >= 0.3 is 0 Å². The van der Waals surface area contributed by atoms with Crippen LogP contribution in [-0.2, 0) is 5.54 Å². The van der Waals surface area contributed by atoms with Gasteiger partial charge in [-0.25, -0.2) is 9.37 Å². The van der Waals surface area contributed by atoms with Gasteiger partial charge in [0.15, 0.2) is 0 Å². The standard InChI is InChI=1S/C19H17ClFN3O/c1-19(7-2-8-19)24-10-13(11-3-5-14(20)15(21)9-11)12-4-6-16(17(22)25)23-18(12)24/h3-6,9-10H,2,7-8H2,1H3,(H2,22,25). The maximum absolute atomic E-state index is 13.9. The highest BCUT2D eigenvalue weighted by Crippen LogP contribution is 2.43. The fraction of sp³-hybridized carbons (Fsp3) is 0.263. The summed E-state index contributed by atoms with van der Waals surface area (Å²) in [6.45, 7) is 2.17. The second-order valence-corrected chi connectivity index (χ2v) is 7.23. The van der Waals surface area contributed by atoms with E-state index >= 15 is 0 Å². The summed E-state index contributed by atoms with van der Waals surface area (Å²) in [5.74, 6) is -1.02. The molecule has 4 rings (SSSR count). The van der Waals surface area contributed by atoms with Crippen molar-refractivity contribution in [1.29, 1.82) is 0 Å². The van der Waals surface area contributed by atoms with Gasteiger partial charge in [0.25, 0.3) is 5.91 Å². The number of hydrogen-bond acceptors (Lipinski definition) is 2. The molecular formula is C19H17ClFN3O. The van der Waals surface area contributed by atoms with Crippen molar-refractivity contribution < 1.29 is 9.18 Å². The molecule has 0 unspecified atom stereocenters. The number of primary amides is 1. The predicted octanol–water partition coefficient (Wildman–Crippen LogP) is 4.49. The van der Waals surface area contributed by atoms with Crippen LogP contribution in [-0.4, -0.2) is 15.5 Å². The van der Waals surface area contributed by atoms with E-state index in [0.29, 0.717) is 5.65 Å². The van der Waals surface area contributed by atoms with Crippen molar-refractivity contribution in [2.75, 3.05) is 0 Å². The summed E-state index contributed by atoms with van der Waals surface area (Å²) >= 11 is 5.81. The van der Waals surface area contributed by atoms with Crippen LogP contribution < -0.4 is 5.73 Å². The quantitative estimate of drug-likeness (QED) is 0.750. The summed E-state index contributed by atoms with van der Waals surface area (Å²) in [5.41, 5.74) is 7.85. The molecule has 0 saturated heterocycles. The number of halogens is 2. The largest absolute Gasteiger partial charge is 0.364 e. The van der Waals surface area contributed by atoms with Gasteiger partial charge in [-0.3, -0.25) is 4.79 Å². The van der Waals surface area contributed by atoms with Gasteiger partial charge in [0.2, 0.25) is 0 Å². The lowest BCUT2D eigenvalue weighted by Crippen LogP contribution is -2.36. The summed E-state index contributed by atoms with van der Waals surface area (Å²) in [6, 6.07) is 8.19. The molecule has 6 heteroatoms. The Hall–Kier alpha value is -2.40. The molecule has 0 spiro atoms. The van der Waals surface area contributed by atoms with Crippen molar-refractivity contribution in [3.8, 4) is 11.1 Å². The highest BCUT2D eigenvalue weighted by atomic mass is 35.5. The molecule has 2 heterocycles. The zero-order valence-corrected chi connectivity index (χ0v) is 14.5. The van der Waals surface area contributed by atoms with Crippen LogP contribution in [0.4, 0.5) is 4.39 Å². The highest BCUT2D eigenvalue weighted by Gasteiger charge is 2.35. The highest BCUT2D eigenvalue weighted by molar-refractivity contribution is 6.30. The Morgan fingerprint density at radius 3 is 2.68 bits per heavy atom. The van der Waals surface area contributed by atoms with E-state index in [1.165, 1.54) is 6.07 Å². The van der Waals surface area contributed by atoms with E-state index in [0.717, 1.165) is 35.8 Å². The summed E-state index contributed by atoms with van der Waals surface area (Å²) in [7, 11) is 0. The molecule has 1 aliphatic rings. The minimum atomic E-state index is -0.563. The van der Waals surface area contributed by atoms with E-state index in [1.807, 2.05) is 12.3 Å². The minimum absolute atomic E-state index is 0.0509. The first-order valence-corrected chi connectivity index (χ1v) is 8.55. The molecule has 0 radical (unpaired) electrons. The molecule has 1 saturated carbocycles. The number of hydrogen-bond donors (Lipinski definition) is 1. The van der Waals surface area contributed by atoms with Crippen LogP contribution in [0.15, 0.2) is 36.5 Å². The van der Waals surface area contributed by atoms with Crippen LogP contribution in [0.5, 0.6) is 0 Å². The van der Waals surface area contributed by atoms with Gasteiger partial charge < -0.3 is 10.3 Å². The summed E-state index contributed by atoms with van der Waals surface area (Å²) in [4.78, 5) is 16.0. The van der Waals surface area contributed by atoms with Gasteiger partial charge in [-0.1, -0.05) is 17.7 Å². The molecule has 1 fully saturated rings. The fourth-order valence-corrected chi connectivity index (χ4v) is 3.59. The number of pyridine rings is 1. The Labute approximate surface area is 149 Å². The van der Waals surface area contributed by atoms with Crippen LogP contribution in [0, 0.1) is 5.82 Å². The van der Waals surface area contributed by atoms with E-state index < -0.39 is 11.7 Å². The van der Waals surface area contributed by atoms with Crippen molar-refractivity contribution in [2.24, 2.45) is 5.73 Å². The Kier molecular flexibility index (Phi) is 3.58. The van der Waals surface area contributed by atoms with E-state index in [-0.39, 0.29) is 16.3 Å². The van der Waals surface area contributed by atoms with Gasteiger partial charge in [-0.15, -0.1) is 0 Å². The first-order valence-electron chi connectivity index (χ1n) is 8.17. The number of rotatable bonds is 3. The third-order valence-electron chi connectivity index (χ3n) is 5.15. The van der Waals surface area contributed by atoms with E-state index in [4.69, 9.17) is 17.3 Å². The zero-order valence-electron chi connectivity index (χ0n) is 13.7. The van der Waals surface area contributed by atoms with E-state index in [9.17, 15) is 9.18 Å². The SMILES string of the molecule is CC1(n2cc(-c3ccc(Cl)c(F)c3)c3ccc(C(N)=O)nc32)CCC1. The molecule has 0 aliphatic heterocycles. The van der Waals surface area contributed by atoms with Gasteiger partial charge in [-0.2, -0.15) is 0 Å². The first kappa shape index (κ1) is 16.1. The van der Waals surface area contributed by atoms with Crippen LogP contribution >= 0.6 is 11.6 Å². The number of aromatic nitrogens is 2. The molecule has 0 bridgehead atoms. The minimum Gasteiger partial charge on any atom is -0.364 e. The lowest BCUT2D eigenvalue weighted by Gasteiger charge is -2.40. The van der Waals surface area contributed by atoms with Crippen molar-refractivity contribution in [1.82, 2.24) is 9.55 Å². The van der Waals surface area contributed by atoms with Crippen LogP contribution in [0.1, 0.15) is 36.7 Å². The van der Waals surface area contributed by atoms with Gasteiger partial charge in [0.05, 0.1) is 5.02 Å². The second-order valence-electron chi connectivity index (χ2n) is 6.82. The molecular weight excluding hydrogens is 341 g/mol. The Balaban J connectivity index is 1.98. The lowest BCUT2D eigenvalue weighted by molar-refractivity contribution is 0.0995. The topological polar surface area (TPSA) is 60.9 Å². The van der Waals surface area contributed by atoms with Gasteiger partial charge in [0.1, 0.15) is 17.2 Å². The van der Waals surface area contributed by atoms with Crippen LogP contribution in [0.25, 0.3) is 22.2 Å². The molecule has 1 amide bonds. The summed E-state index contributed by atoms with van der Waals surface area (Å²) in [6.07, 6.45) is 5.21. The van der Waals surface area contributed by atoms with E-state index in [1.54, 1.807) is 18.2 Å². The Bertz CT molecular complexity index is 1010. The molecule has 3 aromatic rings. The fourth-order valence-electron chi connectivity index (χ4n) is 3.47. The molecule has 1 aliphatic carbocycles. The molecule has 2 N–H and O–H groups in total. The van der Waals surface area contributed by atoms with E-state index in [2.05, 4.69) is 16.5 Å². The Morgan fingerprint density at radius 1 is 1.32 bits per heavy atom. The average molecular weight is 358 g/mol. The predicted molar refractivity (Wildman–Crippen MR) is 96.2 cm³/mol. The lowest BCUT2D eigenvalue weighted by atomic mass is 9.78. The Morgan fingerprint density at radius 2 is 2.08 bits per heavy atom. The number of benzene rings is 1. The average Bonchev–Trinajstić information content (AvgIpc) is 2.94. The number of fused-ring (bicyclic) bond motifs is 1. The number of nitrogens with two attached hydrogens (primary N) is 1. The third-order valence-corrected chi connectivity index (χ3v) is 5.45. The van der Waals surface area contributed by atoms with Crippen LogP contribution in [0.3, 0.4) is 0 Å². The monoisotopic (exact) mass is 357 g/mol. The smallest absolute Gasteiger partial charge is 0.267 e. The molecule has 0 atom stereocenters. The van der Waals surface area contributed by atoms with Crippen LogP contribution in [0.2, 0.25) is 5.02 Å². The molecule has 1 aromatic carbocycles. The zero-order chi connectivity index (χ0) is 17.8. The van der Waals surface area contributed by atoms with Gasteiger partial charge in [0, 0.05) is 22.7 Å². The molecule has 4 nitrogen and oxygen atoms in total. The number of nitrogens with zero attached hydrogens (tertiary/aromatic N) is 2. The van der Waals surface area contributed by atoms with Crippen molar-refractivity contribution >= 4 is 28.5 Å². The first-order chi connectivity index (χ1) is 11.9. The summed E-state index contributed by atoms with van der Waals surface area (Å²) in [5, 5.41) is 0.951. The number of amides is 1. The van der Waals surface area contributed by atoms with Crippen molar-refractivity contribution in [3.05, 3.63) is 53.1 Å². The molecule has 25 heavy (non-hydrogen) atoms. The normalized spacial score (nSPS) is 16.0. The molecule has 2 aromatic heterocycles. The molecule has 128 valence electrons. The maximum Gasteiger partial charge on any atom is 0.267 e. The second kappa shape index (κ2) is 5.56. The third kappa shape index (κ3) is 2.50. The van der Waals surface area contributed by atoms with Crippen molar-refractivity contribution in [2.45, 2.75) is 31.7 Å². The number of carbonyl (C=O) groups excluding carboxylic acids is 1. The van der Waals surface area contributed by atoms with Gasteiger partial charge in [-0.05, 0) is 56.0 Å². The van der Waals surface area contributed by atoms with Crippen molar-refractivity contribution in [3.63, 3.8) is 0 Å². The maximum atomic E-state index is 13.9. The number of carbonyl (C=O) groups is 1. The summed E-state index contributed by atoms with van der Waals surface area (Å²) < 4.78 is 16.0.